The van der Waals surface area contributed by atoms with E-state index >= 15 is 0 Å². The van der Waals surface area contributed by atoms with Crippen molar-refractivity contribution in [3.63, 3.8) is 0 Å². The van der Waals surface area contributed by atoms with Crippen molar-refractivity contribution in [2.24, 2.45) is 0 Å². The van der Waals surface area contributed by atoms with E-state index in [1.807, 2.05) is 0 Å². The number of rotatable bonds is 8. The van der Waals surface area contributed by atoms with Crippen molar-refractivity contribution in [3.05, 3.63) is 12.2 Å². The van der Waals surface area contributed by atoms with Crippen molar-refractivity contribution in [1.82, 2.24) is 5.32 Å². The van der Waals surface area contributed by atoms with Crippen LogP contribution in [0.1, 0.15) is 19.3 Å². The molecule has 0 spiro atoms. The summed E-state index contributed by atoms with van der Waals surface area (Å²) in [7, 11) is 0. The Morgan fingerprint density at radius 3 is 2.11 bits per heavy atom. The Morgan fingerprint density at radius 1 is 1.06 bits per heavy atom. The van der Waals surface area contributed by atoms with Crippen molar-refractivity contribution >= 4 is 23.8 Å². The summed E-state index contributed by atoms with van der Waals surface area (Å²) in [6.07, 6.45) is 1.11. The van der Waals surface area contributed by atoms with Gasteiger partial charge in [0.2, 0.25) is 5.91 Å². The number of carboxylic acid groups (broad SMARTS) is 3. The monoisotopic (exact) mass is 259 g/mol. The second kappa shape index (κ2) is 7.82. The highest BCUT2D eigenvalue weighted by Crippen LogP contribution is 2.01. The standard InChI is InChI=1S/C10H13NO7/c12-7(4-5-9(15)16)11-6(10(17)18)2-1-3-8(13)14/h4-6H,1-3H2,(H,11,12)(H,13,14)(H,15,16)(H,17,18)/b5-4-. The molecule has 18 heavy (non-hydrogen) atoms. The van der Waals surface area contributed by atoms with E-state index in [2.05, 4.69) is 5.32 Å². The van der Waals surface area contributed by atoms with Crippen LogP contribution in [0.4, 0.5) is 0 Å². The van der Waals surface area contributed by atoms with E-state index in [9.17, 15) is 19.2 Å². The lowest BCUT2D eigenvalue weighted by Crippen LogP contribution is -2.40. The van der Waals surface area contributed by atoms with Crippen LogP contribution in [-0.4, -0.2) is 45.2 Å². The van der Waals surface area contributed by atoms with Gasteiger partial charge in [-0.25, -0.2) is 9.59 Å². The van der Waals surface area contributed by atoms with Crippen LogP contribution in [0, 0.1) is 0 Å². The van der Waals surface area contributed by atoms with E-state index < -0.39 is 29.9 Å². The predicted molar refractivity (Wildman–Crippen MR) is 57.8 cm³/mol. The second-order valence-electron chi connectivity index (χ2n) is 3.36. The van der Waals surface area contributed by atoms with Gasteiger partial charge in [0.15, 0.2) is 0 Å². The van der Waals surface area contributed by atoms with E-state index in [0.717, 1.165) is 0 Å². The van der Waals surface area contributed by atoms with Crippen LogP contribution < -0.4 is 5.32 Å². The zero-order valence-corrected chi connectivity index (χ0v) is 9.33. The van der Waals surface area contributed by atoms with Crippen molar-refractivity contribution in [1.29, 1.82) is 0 Å². The van der Waals surface area contributed by atoms with E-state index in [4.69, 9.17) is 15.3 Å². The molecule has 8 heteroatoms. The number of carboxylic acids is 3. The summed E-state index contributed by atoms with van der Waals surface area (Å²) in [6.45, 7) is 0. The quantitative estimate of drug-likeness (QED) is 0.428. The number of carbonyl (C=O) groups excluding carboxylic acids is 1. The third-order valence-corrected chi connectivity index (χ3v) is 1.88. The summed E-state index contributed by atoms with van der Waals surface area (Å²) < 4.78 is 0. The molecule has 1 atom stereocenters. The molecular weight excluding hydrogens is 246 g/mol. The van der Waals surface area contributed by atoms with Crippen LogP contribution >= 0.6 is 0 Å². The molecule has 100 valence electrons. The summed E-state index contributed by atoms with van der Waals surface area (Å²) >= 11 is 0. The maximum absolute atomic E-state index is 11.1. The van der Waals surface area contributed by atoms with Gasteiger partial charge in [0.05, 0.1) is 0 Å². The number of amides is 1. The molecule has 0 aliphatic carbocycles. The minimum absolute atomic E-state index is 0.0473. The second-order valence-corrected chi connectivity index (χ2v) is 3.36. The average molecular weight is 259 g/mol. The van der Waals surface area contributed by atoms with Gasteiger partial charge in [0, 0.05) is 18.6 Å². The highest BCUT2D eigenvalue weighted by molar-refractivity contribution is 5.95. The molecule has 0 radical (unpaired) electrons. The summed E-state index contributed by atoms with van der Waals surface area (Å²) in [4.78, 5) is 42.2. The third-order valence-electron chi connectivity index (χ3n) is 1.88. The number of hydrogen-bond donors (Lipinski definition) is 4. The zero-order valence-electron chi connectivity index (χ0n) is 9.33. The molecule has 0 aliphatic heterocycles. The van der Waals surface area contributed by atoms with Gasteiger partial charge < -0.3 is 20.6 Å². The molecule has 0 aromatic rings. The number of hydrogen-bond acceptors (Lipinski definition) is 4. The highest BCUT2D eigenvalue weighted by Gasteiger charge is 2.18. The fourth-order valence-electron chi connectivity index (χ4n) is 1.08. The molecule has 0 heterocycles. The minimum Gasteiger partial charge on any atom is -0.481 e. The fraction of sp³-hybridized carbons (Fsp3) is 0.400. The normalized spacial score (nSPS) is 12.0. The molecule has 4 N–H and O–H groups in total. The van der Waals surface area contributed by atoms with Crippen molar-refractivity contribution in [3.8, 4) is 0 Å². The van der Waals surface area contributed by atoms with Gasteiger partial charge in [0.1, 0.15) is 6.04 Å². The van der Waals surface area contributed by atoms with E-state index in [0.29, 0.717) is 12.2 Å². The lowest BCUT2D eigenvalue weighted by atomic mass is 10.1. The van der Waals surface area contributed by atoms with Gasteiger partial charge in [-0.3, -0.25) is 9.59 Å². The summed E-state index contributed by atoms with van der Waals surface area (Å²) in [5.41, 5.74) is 0. The number of aliphatic carboxylic acids is 3. The Balaban J connectivity index is 4.27. The van der Waals surface area contributed by atoms with E-state index in [1.165, 1.54) is 0 Å². The van der Waals surface area contributed by atoms with Gasteiger partial charge in [-0.05, 0) is 12.8 Å². The molecule has 1 amide bonds. The maximum atomic E-state index is 11.1. The SMILES string of the molecule is O=C(O)/C=C\C(=O)NC(CCCC(=O)O)C(=O)O. The van der Waals surface area contributed by atoms with Gasteiger partial charge in [-0.2, -0.15) is 0 Å². The predicted octanol–water partition coefficient (Wildman–Crippen LogP) is -0.549. The Morgan fingerprint density at radius 2 is 1.67 bits per heavy atom. The first kappa shape index (κ1) is 15.6. The number of nitrogens with one attached hydrogen (secondary N) is 1. The molecule has 0 saturated heterocycles. The molecule has 1 unspecified atom stereocenters. The summed E-state index contributed by atoms with van der Waals surface area (Å²) in [5, 5.41) is 27.5. The van der Waals surface area contributed by atoms with Gasteiger partial charge in [-0.15, -0.1) is 0 Å². The highest BCUT2D eigenvalue weighted by atomic mass is 16.4. The van der Waals surface area contributed by atoms with Crippen molar-refractivity contribution in [2.75, 3.05) is 0 Å². The number of carbonyl (C=O) groups is 4. The molecule has 0 saturated carbocycles. The molecule has 0 aromatic carbocycles. The molecule has 0 bridgehead atoms. The van der Waals surface area contributed by atoms with Crippen LogP contribution in [0.15, 0.2) is 12.2 Å². The van der Waals surface area contributed by atoms with E-state index in [-0.39, 0.29) is 19.3 Å². The van der Waals surface area contributed by atoms with Crippen LogP contribution in [-0.2, 0) is 19.2 Å². The lowest BCUT2D eigenvalue weighted by Gasteiger charge is -2.12. The van der Waals surface area contributed by atoms with Crippen molar-refractivity contribution < 1.29 is 34.5 Å². The average Bonchev–Trinajstić information content (AvgIpc) is 2.24. The third kappa shape index (κ3) is 7.85. The minimum atomic E-state index is -1.33. The molecule has 8 nitrogen and oxygen atoms in total. The van der Waals surface area contributed by atoms with Crippen molar-refractivity contribution in [2.45, 2.75) is 25.3 Å². The zero-order chi connectivity index (χ0) is 14.1. The van der Waals surface area contributed by atoms with Crippen LogP contribution in [0.25, 0.3) is 0 Å². The fourth-order valence-corrected chi connectivity index (χ4v) is 1.08. The molecule has 0 fully saturated rings. The lowest BCUT2D eigenvalue weighted by molar-refractivity contribution is -0.142. The van der Waals surface area contributed by atoms with Crippen LogP contribution in [0.3, 0.4) is 0 Å². The maximum Gasteiger partial charge on any atom is 0.328 e. The molecule has 0 rings (SSSR count). The van der Waals surface area contributed by atoms with Gasteiger partial charge in [-0.1, -0.05) is 0 Å². The first-order chi connectivity index (χ1) is 8.32. The smallest absolute Gasteiger partial charge is 0.328 e. The molecular formula is C10H13NO7. The summed E-state index contributed by atoms with van der Waals surface area (Å²) in [6, 6.07) is -1.24. The van der Waals surface area contributed by atoms with E-state index in [1.54, 1.807) is 0 Å². The topological polar surface area (TPSA) is 141 Å². The molecule has 0 aromatic heterocycles. The summed E-state index contributed by atoms with van der Waals surface area (Å²) in [5.74, 6) is -4.56. The Bertz CT molecular complexity index is 374. The van der Waals surface area contributed by atoms with Gasteiger partial charge >= 0.3 is 17.9 Å². The van der Waals surface area contributed by atoms with Gasteiger partial charge in [0.25, 0.3) is 0 Å². The molecule has 0 aliphatic rings. The largest absolute Gasteiger partial charge is 0.481 e. The Labute approximate surface area is 102 Å². The first-order valence-electron chi connectivity index (χ1n) is 4.99. The Kier molecular flexibility index (Phi) is 6.79. The van der Waals surface area contributed by atoms with Crippen LogP contribution in [0.2, 0.25) is 0 Å². The van der Waals surface area contributed by atoms with Crippen LogP contribution in [0.5, 0.6) is 0 Å². The first-order valence-corrected chi connectivity index (χ1v) is 4.99. The Hall–Kier alpha value is -2.38.